The lowest BCUT2D eigenvalue weighted by atomic mass is 9.86. The highest BCUT2D eigenvalue weighted by Gasteiger charge is 2.41. The van der Waals surface area contributed by atoms with Gasteiger partial charge in [-0.3, -0.25) is 9.59 Å². The number of carboxylic acid groups (broad SMARTS) is 1. The minimum Gasteiger partial charge on any atom is -0.481 e. The molecule has 104 valence electrons. The van der Waals surface area contributed by atoms with Crippen LogP contribution in [0.25, 0.3) is 0 Å². The smallest absolute Gasteiger partial charge is 0.311 e. The molecule has 0 aromatic carbocycles. The first-order chi connectivity index (χ1) is 8.50. The molecule has 1 saturated carbocycles. The third-order valence-electron chi connectivity index (χ3n) is 3.86. The molecule has 1 aliphatic rings. The molecule has 0 bridgehead atoms. The number of amides is 1. The molecule has 1 fully saturated rings. The summed E-state index contributed by atoms with van der Waals surface area (Å²) in [5.74, 6) is -0.905. The van der Waals surface area contributed by atoms with E-state index in [-0.39, 0.29) is 19.0 Å². The van der Waals surface area contributed by atoms with Gasteiger partial charge < -0.3 is 15.7 Å². The molecule has 0 aliphatic heterocycles. The van der Waals surface area contributed by atoms with Crippen molar-refractivity contribution in [3.05, 3.63) is 0 Å². The Morgan fingerprint density at radius 3 is 2.44 bits per heavy atom. The van der Waals surface area contributed by atoms with Gasteiger partial charge in [-0.25, -0.2) is 0 Å². The summed E-state index contributed by atoms with van der Waals surface area (Å²) in [6.45, 7) is 4.57. The topological polar surface area (TPSA) is 78.4 Å². The highest BCUT2D eigenvalue weighted by Crippen LogP contribution is 2.37. The van der Waals surface area contributed by atoms with Crippen LogP contribution in [-0.2, 0) is 9.59 Å². The van der Waals surface area contributed by atoms with E-state index in [1.165, 1.54) is 0 Å². The number of carbonyl (C=O) groups excluding carboxylic acids is 1. The monoisotopic (exact) mass is 256 g/mol. The van der Waals surface area contributed by atoms with Crippen LogP contribution < -0.4 is 10.6 Å². The van der Waals surface area contributed by atoms with Gasteiger partial charge in [-0.2, -0.15) is 0 Å². The van der Waals surface area contributed by atoms with E-state index in [9.17, 15) is 14.7 Å². The van der Waals surface area contributed by atoms with Gasteiger partial charge in [0.15, 0.2) is 0 Å². The fraction of sp³-hybridized carbons (Fsp3) is 0.846. The summed E-state index contributed by atoms with van der Waals surface area (Å²) in [6, 6.07) is 0.302. The quantitative estimate of drug-likeness (QED) is 0.638. The third kappa shape index (κ3) is 3.98. The first kappa shape index (κ1) is 15.0. The van der Waals surface area contributed by atoms with Crippen molar-refractivity contribution in [2.24, 2.45) is 5.41 Å². The Morgan fingerprint density at radius 1 is 1.33 bits per heavy atom. The molecule has 5 nitrogen and oxygen atoms in total. The first-order valence-electron chi connectivity index (χ1n) is 6.73. The second-order valence-electron chi connectivity index (χ2n) is 5.26. The second kappa shape index (κ2) is 6.73. The van der Waals surface area contributed by atoms with Crippen molar-refractivity contribution >= 4 is 11.9 Å². The van der Waals surface area contributed by atoms with E-state index < -0.39 is 11.4 Å². The van der Waals surface area contributed by atoms with Crippen LogP contribution in [0.2, 0.25) is 0 Å². The molecule has 0 spiro atoms. The van der Waals surface area contributed by atoms with Crippen LogP contribution in [0.4, 0.5) is 0 Å². The summed E-state index contributed by atoms with van der Waals surface area (Å²) in [7, 11) is 0. The van der Waals surface area contributed by atoms with E-state index in [0.29, 0.717) is 18.9 Å². The van der Waals surface area contributed by atoms with Gasteiger partial charge in [-0.1, -0.05) is 19.8 Å². The average molecular weight is 256 g/mol. The summed E-state index contributed by atoms with van der Waals surface area (Å²) in [5.41, 5.74) is -0.730. The van der Waals surface area contributed by atoms with Crippen molar-refractivity contribution in [3.8, 4) is 0 Å². The van der Waals surface area contributed by atoms with Crippen LogP contribution in [0.15, 0.2) is 0 Å². The van der Waals surface area contributed by atoms with Crippen molar-refractivity contribution in [1.29, 1.82) is 0 Å². The zero-order valence-electron chi connectivity index (χ0n) is 11.3. The highest BCUT2D eigenvalue weighted by molar-refractivity contribution is 5.80. The number of carboxylic acids is 1. The molecule has 1 rings (SSSR count). The Labute approximate surface area is 108 Å². The van der Waals surface area contributed by atoms with E-state index in [4.69, 9.17) is 0 Å². The van der Waals surface area contributed by atoms with Gasteiger partial charge in [0.05, 0.1) is 12.0 Å². The number of rotatable bonds is 7. The lowest BCUT2D eigenvalue weighted by molar-refractivity contribution is -0.148. The molecule has 1 atom stereocenters. The maximum absolute atomic E-state index is 11.6. The van der Waals surface area contributed by atoms with Crippen molar-refractivity contribution in [1.82, 2.24) is 10.6 Å². The van der Waals surface area contributed by atoms with E-state index in [1.54, 1.807) is 0 Å². The summed E-state index contributed by atoms with van der Waals surface area (Å²) >= 11 is 0. The van der Waals surface area contributed by atoms with Gasteiger partial charge in [0, 0.05) is 12.6 Å². The van der Waals surface area contributed by atoms with E-state index in [2.05, 4.69) is 10.6 Å². The standard InChI is InChI=1S/C13H24N2O3/c1-3-10(2)14-8-11(16)15-9-13(12(17)18)6-4-5-7-13/h10,14H,3-9H2,1-2H3,(H,15,16)(H,17,18). The third-order valence-corrected chi connectivity index (χ3v) is 3.86. The lowest BCUT2D eigenvalue weighted by Gasteiger charge is -2.24. The molecule has 0 saturated heterocycles. The van der Waals surface area contributed by atoms with Gasteiger partial charge in [0.25, 0.3) is 0 Å². The van der Waals surface area contributed by atoms with E-state index >= 15 is 0 Å². The fourth-order valence-electron chi connectivity index (χ4n) is 2.26. The zero-order valence-corrected chi connectivity index (χ0v) is 11.3. The van der Waals surface area contributed by atoms with Gasteiger partial charge >= 0.3 is 5.97 Å². The lowest BCUT2D eigenvalue weighted by Crippen LogP contribution is -2.45. The van der Waals surface area contributed by atoms with Crippen LogP contribution in [-0.4, -0.2) is 36.1 Å². The molecular weight excluding hydrogens is 232 g/mol. The zero-order chi connectivity index (χ0) is 13.6. The maximum Gasteiger partial charge on any atom is 0.311 e. The molecule has 1 amide bonds. The number of nitrogens with one attached hydrogen (secondary N) is 2. The predicted octanol–water partition coefficient (Wildman–Crippen LogP) is 1.14. The van der Waals surface area contributed by atoms with Gasteiger partial charge in [-0.05, 0) is 26.2 Å². The number of aliphatic carboxylic acids is 1. The number of hydrogen-bond donors (Lipinski definition) is 3. The normalized spacial score (nSPS) is 19.4. The van der Waals surface area contributed by atoms with Crippen LogP contribution in [0.1, 0.15) is 46.0 Å². The molecule has 0 radical (unpaired) electrons. The number of carbonyl (C=O) groups is 2. The summed E-state index contributed by atoms with van der Waals surface area (Å²) < 4.78 is 0. The van der Waals surface area contributed by atoms with Gasteiger partial charge in [0.1, 0.15) is 0 Å². The van der Waals surface area contributed by atoms with E-state index in [0.717, 1.165) is 19.3 Å². The summed E-state index contributed by atoms with van der Waals surface area (Å²) in [6.07, 6.45) is 4.18. The molecule has 1 aliphatic carbocycles. The van der Waals surface area contributed by atoms with Crippen LogP contribution >= 0.6 is 0 Å². The molecule has 1 unspecified atom stereocenters. The molecule has 0 heterocycles. The highest BCUT2D eigenvalue weighted by atomic mass is 16.4. The minimum atomic E-state index is -0.782. The van der Waals surface area contributed by atoms with Crippen molar-refractivity contribution < 1.29 is 14.7 Å². The average Bonchev–Trinajstić information content (AvgIpc) is 2.83. The fourth-order valence-corrected chi connectivity index (χ4v) is 2.26. The summed E-state index contributed by atoms with van der Waals surface area (Å²) in [5, 5.41) is 15.1. The molecule has 18 heavy (non-hydrogen) atoms. The SMILES string of the molecule is CCC(C)NCC(=O)NCC1(C(=O)O)CCCC1. The first-order valence-corrected chi connectivity index (χ1v) is 6.73. The Morgan fingerprint density at radius 2 is 1.94 bits per heavy atom. The molecular formula is C13H24N2O3. The van der Waals surface area contributed by atoms with Crippen molar-refractivity contribution in [3.63, 3.8) is 0 Å². The molecule has 5 heteroatoms. The molecule has 0 aromatic rings. The van der Waals surface area contributed by atoms with Gasteiger partial charge in [-0.15, -0.1) is 0 Å². The van der Waals surface area contributed by atoms with Crippen molar-refractivity contribution in [2.45, 2.75) is 52.0 Å². The maximum atomic E-state index is 11.6. The Kier molecular flexibility index (Phi) is 5.59. The number of hydrogen-bond acceptors (Lipinski definition) is 3. The van der Waals surface area contributed by atoms with Crippen LogP contribution in [0.3, 0.4) is 0 Å². The Bertz CT molecular complexity index is 299. The predicted molar refractivity (Wildman–Crippen MR) is 69.3 cm³/mol. The molecule has 0 aromatic heterocycles. The Hall–Kier alpha value is -1.10. The summed E-state index contributed by atoms with van der Waals surface area (Å²) in [4.78, 5) is 22.9. The van der Waals surface area contributed by atoms with Gasteiger partial charge in [0.2, 0.25) is 5.91 Å². The Balaban J connectivity index is 2.34. The molecule has 3 N–H and O–H groups in total. The van der Waals surface area contributed by atoms with Crippen molar-refractivity contribution in [2.75, 3.05) is 13.1 Å². The second-order valence-corrected chi connectivity index (χ2v) is 5.26. The minimum absolute atomic E-state index is 0.122. The largest absolute Gasteiger partial charge is 0.481 e. The van der Waals surface area contributed by atoms with E-state index in [1.807, 2.05) is 13.8 Å². The van der Waals surface area contributed by atoms with Crippen LogP contribution in [0, 0.1) is 5.41 Å². The van der Waals surface area contributed by atoms with Crippen LogP contribution in [0.5, 0.6) is 0 Å².